The molecule has 0 bridgehead atoms. The molecular weight excluding hydrogens is 366 g/mol. The number of hydrogen-bond donors (Lipinski definition) is 0. The van der Waals surface area contributed by atoms with Crippen molar-refractivity contribution in [1.82, 2.24) is 4.90 Å². The van der Waals surface area contributed by atoms with Crippen molar-refractivity contribution in [2.24, 2.45) is 0 Å². The van der Waals surface area contributed by atoms with Gasteiger partial charge in [-0.25, -0.2) is 0 Å². The lowest BCUT2D eigenvalue weighted by Crippen LogP contribution is -2.47. The first-order valence-corrected chi connectivity index (χ1v) is 10.5. The highest BCUT2D eigenvalue weighted by Gasteiger charge is 2.41. The van der Waals surface area contributed by atoms with Crippen molar-refractivity contribution in [3.8, 4) is 0 Å². The highest BCUT2D eigenvalue weighted by molar-refractivity contribution is 7.84. The average molecular weight is 389 g/mol. The molecule has 6 nitrogen and oxygen atoms in total. The number of ether oxygens (including phenoxy) is 2. The summed E-state index contributed by atoms with van der Waals surface area (Å²) in [6.07, 6.45) is 1.34. The number of amides is 1. The van der Waals surface area contributed by atoms with E-state index in [9.17, 15) is 9.00 Å². The topological polar surface area (TPSA) is 69.0 Å². The van der Waals surface area contributed by atoms with Crippen LogP contribution in [0.15, 0.2) is 45.7 Å². The number of carbonyl (C=O) groups is 1. The maximum absolute atomic E-state index is 12.7. The largest absolute Gasteiger partial charge is 0.455 e. The number of furan rings is 1. The van der Waals surface area contributed by atoms with Crippen LogP contribution in [0.25, 0.3) is 0 Å². The Morgan fingerprint density at radius 3 is 2.52 bits per heavy atom. The van der Waals surface area contributed by atoms with Crippen LogP contribution in [0, 0.1) is 6.92 Å². The lowest BCUT2D eigenvalue weighted by Gasteiger charge is -2.37. The summed E-state index contributed by atoms with van der Waals surface area (Å²) < 4.78 is 29.7. The summed E-state index contributed by atoms with van der Waals surface area (Å²) >= 11 is 0. The minimum absolute atomic E-state index is 0.143. The summed E-state index contributed by atoms with van der Waals surface area (Å²) in [5.41, 5.74) is 0.984. The van der Waals surface area contributed by atoms with Gasteiger partial charge in [-0.2, -0.15) is 0 Å². The Kier molecular flexibility index (Phi) is 5.16. The molecule has 27 heavy (non-hydrogen) atoms. The molecule has 2 aliphatic rings. The Bertz CT molecular complexity index is 846. The van der Waals surface area contributed by atoms with E-state index >= 15 is 0 Å². The number of carbonyl (C=O) groups excluding carboxylic acids is 1. The quantitative estimate of drug-likeness (QED) is 0.804. The van der Waals surface area contributed by atoms with Crippen LogP contribution in [0.2, 0.25) is 0 Å². The molecule has 3 heterocycles. The molecular formula is C20H23NO5S. The number of piperidine rings is 1. The average Bonchev–Trinajstić information content (AvgIpc) is 3.32. The van der Waals surface area contributed by atoms with E-state index in [0.717, 1.165) is 10.5 Å². The van der Waals surface area contributed by atoms with Gasteiger partial charge >= 0.3 is 0 Å². The molecule has 1 aromatic carbocycles. The molecule has 1 amide bonds. The number of benzene rings is 1. The van der Waals surface area contributed by atoms with E-state index in [0.29, 0.717) is 44.9 Å². The van der Waals surface area contributed by atoms with E-state index in [1.807, 2.05) is 31.2 Å². The summed E-state index contributed by atoms with van der Waals surface area (Å²) in [7, 11) is -1.21. The molecule has 0 aliphatic carbocycles. The lowest BCUT2D eigenvalue weighted by molar-refractivity contribution is -0.181. The fraction of sp³-hybridized carbons (Fsp3) is 0.450. The Morgan fingerprint density at radius 2 is 1.81 bits per heavy atom. The third kappa shape index (κ3) is 3.85. The Morgan fingerprint density at radius 1 is 1.11 bits per heavy atom. The summed E-state index contributed by atoms with van der Waals surface area (Å²) in [5, 5.41) is 0. The number of rotatable bonds is 4. The van der Waals surface area contributed by atoms with Crippen molar-refractivity contribution in [3.63, 3.8) is 0 Å². The molecule has 2 aromatic rings. The van der Waals surface area contributed by atoms with Crippen LogP contribution in [0.4, 0.5) is 0 Å². The second kappa shape index (κ2) is 7.58. The van der Waals surface area contributed by atoms with Crippen molar-refractivity contribution in [2.45, 2.75) is 36.2 Å². The molecule has 4 rings (SSSR count). The van der Waals surface area contributed by atoms with Gasteiger partial charge in [-0.1, -0.05) is 18.2 Å². The monoisotopic (exact) mass is 389 g/mol. The van der Waals surface area contributed by atoms with Crippen molar-refractivity contribution in [1.29, 1.82) is 0 Å². The normalized spacial score (nSPS) is 20.1. The zero-order chi connectivity index (χ0) is 18.9. The highest BCUT2D eigenvalue weighted by atomic mass is 32.2. The fourth-order valence-corrected chi connectivity index (χ4v) is 4.81. The number of hydrogen-bond acceptors (Lipinski definition) is 5. The van der Waals surface area contributed by atoms with Crippen LogP contribution in [-0.4, -0.2) is 47.1 Å². The van der Waals surface area contributed by atoms with Gasteiger partial charge in [0.25, 0.3) is 5.91 Å². The summed E-state index contributed by atoms with van der Waals surface area (Å²) in [6, 6.07) is 11.0. The van der Waals surface area contributed by atoms with Crippen LogP contribution >= 0.6 is 0 Å². The molecule has 7 heteroatoms. The number of likely N-dealkylation sites (tertiary alicyclic amines) is 1. The second-order valence-electron chi connectivity index (χ2n) is 6.92. The molecule has 2 fully saturated rings. The first-order chi connectivity index (χ1) is 13.1. The van der Waals surface area contributed by atoms with Crippen molar-refractivity contribution in [3.05, 3.63) is 53.5 Å². The second-order valence-corrected chi connectivity index (χ2v) is 8.34. The SMILES string of the molecule is Cc1ccccc1[S@@](=O)Cc1ccc(C(=O)N2CCC3(CC2)OCCO3)o1. The summed E-state index contributed by atoms with van der Waals surface area (Å²) in [6.45, 7) is 4.32. The van der Waals surface area contributed by atoms with Gasteiger partial charge in [-0.05, 0) is 30.7 Å². The zero-order valence-electron chi connectivity index (χ0n) is 15.3. The van der Waals surface area contributed by atoms with Gasteiger partial charge in [-0.3, -0.25) is 9.00 Å². The Hall–Kier alpha value is -1.96. The van der Waals surface area contributed by atoms with Gasteiger partial charge in [0.05, 0.1) is 29.8 Å². The summed E-state index contributed by atoms with van der Waals surface area (Å²) in [5.74, 6) is 0.445. The molecule has 2 saturated heterocycles. The molecule has 2 aliphatic heterocycles. The van der Waals surface area contributed by atoms with Crippen LogP contribution < -0.4 is 0 Å². The van der Waals surface area contributed by atoms with Gasteiger partial charge in [0.2, 0.25) is 0 Å². The lowest BCUT2D eigenvalue weighted by atomic mass is 10.0. The smallest absolute Gasteiger partial charge is 0.289 e. The van der Waals surface area contributed by atoms with Crippen molar-refractivity contribution in [2.75, 3.05) is 26.3 Å². The van der Waals surface area contributed by atoms with Crippen molar-refractivity contribution < 1.29 is 22.9 Å². The molecule has 1 spiro atoms. The fourth-order valence-electron chi connectivity index (χ4n) is 3.58. The zero-order valence-corrected chi connectivity index (χ0v) is 16.1. The molecule has 0 N–H and O–H groups in total. The van der Waals surface area contributed by atoms with E-state index in [-0.39, 0.29) is 17.4 Å². The van der Waals surface area contributed by atoms with Crippen LogP contribution in [-0.2, 0) is 26.0 Å². The van der Waals surface area contributed by atoms with Gasteiger partial charge < -0.3 is 18.8 Å². The molecule has 144 valence electrons. The van der Waals surface area contributed by atoms with Crippen LogP contribution in [0.5, 0.6) is 0 Å². The predicted octanol–water partition coefficient (Wildman–Crippen LogP) is 2.87. The first-order valence-electron chi connectivity index (χ1n) is 9.16. The molecule has 1 atom stereocenters. The number of nitrogens with zero attached hydrogens (tertiary/aromatic N) is 1. The van der Waals surface area contributed by atoms with Crippen LogP contribution in [0.3, 0.4) is 0 Å². The van der Waals surface area contributed by atoms with E-state index in [4.69, 9.17) is 13.9 Å². The minimum atomic E-state index is -1.21. The maximum atomic E-state index is 12.7. The first kappa shape index (κ1) is 18.4. The third-order valence-electron chi connectivity index (χ3n) is 5.11. The molecule has 0 unspecified atom stereocenters. The third-order valence-corrected chi connectivity index (χ3v) is 6.61. The standard InChI is InChI=1S/C20H23NO5S/c1-15-4-2-3-5-18(15)27(23)14-16-6-7-17(26-16)19(22)21-10-8-20(9-11-21)24-12-13-25-20/h2-7H,8-14H2,1H3/t27-/m0/s1. The maximum Gasteiger partial charge on any atom is 0.289 e. The molecule has 0 saturated carbocycles. The van der Waals surface area contributed by atoms with E-state index in [1.54, 1.807) is 17.0 Å². The number of aryl methyl sites for hydroxylation is 1. The minimum Gasteiger partial charge on any atom is -0.455 e. The predicted molar refractivity (Wildman–Crippen MR) is 99.8 cm³/mol. The van der Waals surface area contributed by atoms with Gasteiger partial charge in [0.15, 0.2) is 11.5 Å². The van der Waals surface area contributed by atoms with Gasteiger partial charge in [0, 0.05) is 30.8 Å². The molecule has 0 radical (unpaired) electrons. The van der Waals surface area contributed by atoms with Crippen LogP contribution in [0.1, 0.15) is 34.7 Å². The van der Waals surface area contributed by atoms with E-state index in [1.165, 1.54) is 0 Å². The van der Waals surface area contributed by atoms with Gasteiger partial charge in [-0.15, -0.1) is 0 Å². The highest BCUT2D eigenvalue weighted by Crippen LogP contribution is 2.32. The van der Waals surface area contributed by atoms with E-state index < -0.39 is 16.6 Å². The van der Waals surface area contributed by atoms with Crippen molar-refractivity contribution >= 4 is 16.7 Å². The Balaban J connectivity index is 1.38. The van der Waals surface area contributed by atoms with Gasteiger partial charge in [0.1, 0.15) is 5.76 Å². The molecule has 1 aromatic heterocycles. The summed E-state index contributed by atoms with van der Waals surface area (Å²) in [4.78, 5) is 15.3. The Labute approximate surface area is 160 Å². The van der Waals surface area contributed by atoms with E-state index in [2.05, 4.69) is 0 Å².